The maximum Gasteiger partial charge on any atom is 0.271 e. The molecule has 1 aromatic carbocycles. The molecule has 0 aliphatic carbocycles. The molecule has 1 unspecified atom stereocenters. The molecule has 3 aromatic rings. The van der Waals surface area contributed by atoms with E-state index in [1.165, 1.54) is 38.5 Å². The number of amides is 1. The number of allylic oxidation sites excluding steroid dienone is 1. The molecule has 1 atom stereocenters. The zero-order valence-electron chi connectivity index (χ0n) is 24.1. The third-order valence-electron chi connectivity index (χ3n) is 8.95. The van der Waals surface area contributed by atoms with Crippen LogP contribution in [0.25, 0.3) is 27.3 Å². The number of likely N-dealkylation sites (N-methyl/N-ethyl adjacent to an activating group) is 1. The van der Waals surface area contributed by atoms with E-state index in [1.807, 2.05) is 4.90 Å². The highest BCUT2D eigenvalue weighted by Crippen LogP contribution is 2.48. The Morgan fingerprint density at radius 2 is 1.92 bits per heavy atom. The summed E-state index contributed by atoms with van der Waals surface area (Å²) >= 11 is 1.75. The summed E-state index contributed by atoms with van der Waals surface area (Å²) in [5, 5.41) is 10.3. The first-order valence-electron chi connectivity index (χ1n) is 13.9. The van der Waals surface area contributed by atoms with E-state index in [9.17, 15) is 4.79 Å². The molecule has 0 spiro atoms. The van der Waals surface area contributed by atoms with Crippen LogP contribution in [0.1, 0.15) is 54.9 Å². The molecule has 0 saturated heterocycles. The number of hydrogen-bond donors (Lipinski definition) is 1. The summed E-state index contributed by atoms with van der Waals surface area (Å²) in [7, 11) is 6.02. The van der Waals surface area contributed by atoms with E-state index >= 15 is 0 Å². The number of hydrazine groups is 1. The van der Waals surface area contributed by atoms with Gasteiger partial charge in [0, 0.05) is 84.7 Å². The lowest BCUT2D eigenvalue weighted by Crippen LogP contribution is -2.44. The average molecular weight is 546 g/mol. The van der Waals surface area contributed by atoms with Crippen molar-refractivity contribution in [3.63, 3.8) is 0 Å². The Labute approximate surface area is 235 Å². The molecule has 8 heteroatoms. The van der Waals surface area contributed by atoms with Crippen molar-refractivity contribution in [2.75, 3.05) is 34.3 Å². The van der Waals surface area contributed by atoms with Crippen molar-refractivity contribution in [1.82, 2.24) is 24.8 Å². The average Bonchev–Trinajstić information content (AvgIpc) is 3.59. The van der Waals surface area contributed by atoms with Crippen LogP contribution in [0.15, 0.2) is 35.3 Å². The second kappa shape index (κ2) is 9.84. The van der Waals surface area contributed by atoms with Gasteiger partial charge in [0.15, 0.2) is 0 Å². The summed E-state index contributed by atoms with van der Waals surface area (Å²) in [5.74, 6) is 1.06. The van der Waals surface area contributed by atoms with E-state index in [0.717, 1.165) is 48.6 Å². The van der Waals surface area contributed by atoms with Gasteiger partial charge in [-0.05, 0) is 63.3 Å². The number of carbonyl (C=O) groups is 1. The molecule has 0 radical (unpaired) electrons. The van der Waals surface area contributed by atoms with Crippen LogP contribution in [0.5, 0.6) is 5.75 Å². The number of nitrogens with zero attached hydrogens (tertiary/aromatic N) is 4. The Balaban J connectivity index is 1.64. The van der Waals surface area contributed by atoms with Gasteiger partial charge >= 0.3 is 0 Å². The molecule has 39 heavy (non-hydrogen) atoms. The molecule has 1 amide bonds. The maximum atomic E-state index is 14.2. The molecule has 6 rings (SSSR count). The van der Waals surface area contributed by atoms with Crippen LogP contribution in [0.4, 0.5) is 0 Å². The van der Waals surface area contributed by atoms with Crippen molar-refractivity contribution in [2.24, 2.45) is 0 Å². The number of rotatable bonds is 4. The molecule has 0 saturated carbocycles. The van der Waals surface area contributed by atoms with Gasteiger partial charge in [0.05, 0.1) is 18.8 Å². The normalized spacial score (nSPS) is 19.8. The molecule has 5 heterocycles. The quantitative estimate of drug-likeness (QED) is 0.481. The number of hydrogen-bond acceptors (Lipinski definition) is 6. The number of aromatic nitrogens is 1. The van der Waals surface area contributed by atoms with Gasteiger partial charge in [0.25, 0.3) is 5.91 Å². The molecule has 2 aromatic heterocycles. The summed E-state index contributed by atoms with van der Waals surface area (Å²) in [4.78, 5) is 17.4. The van der Waals surface area contributed by atoms with Crippen molar-refractivity contribution in [2.45, 2.75) is 59.3 Å². The minimum absolute atomic E-state index is 0.140. The highest BCUT2D eigenvalue weighted by molar-refractivity contribution is 7.13. The fourth-order valence-corrected chi connectivity index (χ4v) is 7.46. The fourth-order valence-electron chi connectivity index (χ4n) is 6.66. The van der Waals surface area contributed by atoms with Crippen LogP contribution in [-0.2, 0) is 19.5 Å². The molecule has 1 N–H and O–H groups in total. The largest absolute Gasteiger partial charge is 0.496 e. The zero-order valence-corrected chi connectivity index (χ0v) is 24.9. The Morgan fingerprint density at radius 3 is 2.56 bits per heavy atom. The van der Waals surface area contributed by atoms with E-state index in [-0.39, 0.29) is 18.0 Å². The Hall–Kier alpha value is -3.07. The first-order valence-corrected chi connectivity index (χ1v) is 14.8. The van der Waals surface area contributed by atoms with Crippen molar-refractivity contribution >= 4 is 22.8 Å². The van der Waals surface area contributed by atoms with E-state index in [0.29, 0.717) is 6.54 Å². The summed E-state index contributed by atoms with van der Waals surface area (Å²) < 4.78 is 8.33. The van der Waals surface area contributed by atoms with Crippen molar-refractivity contribution in [1.29, 1.82) is 0 Å². The van der Waals surface area contributed by atoms with Crippen LogP contribution in [0.3, 0.4) is 0 Å². The first-order chi connectivity index (χ1) is 18.7. The van der Waals surface area contributed by atoms with Crippen LogP contribution < -0.4 is 10.1 Å². The lowest BCUT2D eigenvalue weighted by molar-refractivity contribution is 0.0689. The number of benzene rings is 1. The third-order valence-corrected chi connectivity index (χ3v) is 9.84. The van der Waals surface area contributed by atoms with Gasteiger partial charge in [-0.15, -0.1) is 11.3 Å². The number of methoxy groups -OCH3 is 1. The predicted octanol–water partition coefficient (Wildman–Crippen LogP) is 5.31. The molecule has 7 nitrogen and oxygen atoms in total. The maximum absolute atomic E-state index is 14.2. The van der Waals surface area contributed by atoms with Crippen LogP contribution >= 0.6 is 11.3 Å². The Bertz CT molecular complexity index is 1470. The van der Waals surface area contributed by atoms with Crippen molar-refractivity contribution in [3.8, 4) is 27.4 Å². The number of carbonyl (C=O) groups excluding carboxylic acids is 1. The number of thiophene rings is 1. The van der Waals surface area contributed by atoms with Gasteiger partial charge in [-0.3, -0.25) is 4.79 Å². The molecule has 3 aliphatic rings. The lowest BCUT2D eigenvalue weighted by atomic mass is 9.88. The number of ether oxygens (including phenoxy) is 1. The number of aryl methyl sites for hydroxylation is 1. The van der Waals surface area contributed by atoms with Gasteiger partial charge in [-0.2, -0.15) is 0 Å². The van der Waals surface area contributed by atoms with Gasteiger partial charge in [-0.25, -0.2) is 5.01 Å². The van der Waals surface area contributed by atoms with Gasteiger partial charge in [-0.1, -0.05) is 6.07 Å². The second-order valence-electron chi connectivity index (χ2n) is 11.2. The highest BCUT2D eigenvalue weighted by Gasteiger charge is 2.37. The summed E-state index contributed by atoms with van der Waals surface area (Å²) in [6, 6.07) is 9.24. The minimum atomic E-state index is 0.140. The standard InChI is InChI=1S/C31H39N5O2S/c1-18(2)35-13-11-32-17-24-28(26-9-8-14-39-26)29-22-16-23(27-19(3)33(5)34(6)20(27)4)25(38-7)15-21(22)10-12-36(29)30(24)31(35)37/h8-9,14-16,18-19,32H,10-13,17H2,1-7H3. The topological polar surface area (TPSA) is 53.0 Å². The number of fused-ring (bicyclic) bond motifs is 5. The summed E-state index contributed by atoms with van der Waals surface area (Å²) in [6.07, 6.45) is 0.861. The van der Waals surface area contributed by atoms with Crippen molar-refractivity contribution < 1.29 is 9.53 Å². The third kappa shape index (κ3) is 3.95. The molecule has 0 bridgehead atoms. The molecule has 3 aliphatic heterocycles. The van der Waals surface area contributed by atoms with Gasteiger partial charge in [0.2, 0.25) is 0 Å². The molecule has 206 valence electrons. The smallest absolute Gasteiger partial charge is 0.271 e. The van der Waals surface area contributed by atoms with E-state index < -0.39 is 0 Å². The van der Waals surface area contributed by atoms with Crippen LogP contribution in [0, 0.1) is 0 Å². The van der Waals surface area contributed by atoms with E-state index in [4.69, 9.17) is 4.74 Å². The summed E-state index contributed by atoms with van der Waals surface area (Å²) in [5.41, 5.74) is 10.5. The molecular formula is C31H39N5O2S. The Kier molecular flexibility index (Phi) is 6.60. The van der Waals surface area contributed by atoms with E-state index in [2.05, 4.69) is 91.3 Å². The second-order valence-corrected chi connectivity index (χ2v) is 12.1. The highest BCUT2D eigenvalue weighted by atomic mass is 32.1. The minimum Gasteiger partial charge on any atom is -0.496 e. The molecular weight excluding hydrogens is 506 g/mol. The predicted molar refractivity (Wildman–Crippen MR) is 159 cm³/mol. The van der Waals surface area contributed by atoms with Crippen LogP contribution in [0.2, 0.25) is 0 Å². The van der Waals surface area contributed by atoms with Crippen LogP contribution in [-0.4, -0.2) is 71.8 Å². The zero-order chi connectivity index (χ0) is 27.6. The fraction of sp³-hybridized carbons (Fsp3) is 0.452. The lowest BCUT2D eigenvalue weighted by Gasteiger charge is -2.30. The summed E-state index contributed by atoms with van der Waals surface area (Å²) in [6.45, 7) is 11.6. The molecule has 0 fully saturated rings. The monoisotopic (exact) mass is 545 g/mol. The van der Waals surface area contributed by atoms with Crippen molar-refractivity contribution in [3.05, 3.63) is 57.7 Å². The van der Waals surface area contributed by atoms with Gasteiger partial charge in [0.1, 0.15) is 11.4 Å². The SMILES string of the molecule is COc1cc2c(cc1C1=C(C)N(C)N(C)C1C)-c1c(-c3cccs3)c3c(n1CC2)C(=O)N(C(C)C)CCNC3. The number of nitrogens with one attached hydrogen (secondary N) is 1. The van der Waals surface area contributed by atoms with E-state index in [1.54, 1.807) is 18.4 Å². The first kappa shape index (κ1) is 26.2. The Morgan fingerprint density at radius 1 is 1.13 bits per heavy atom. The van der Waals surface area contributed by atoms with Gasteiger partial charge < -0.3 is 24.5 Å².